The van der Waals surface area contributed by atoms with Crippen LogP contribution in [0.15, 0.2) is 29.4 Å². The van der Waals surface area contributed by atoms with Crippen molar-refractivity contribution < 1.29 is 36.6 Å². The fourth-order valence-corrected chi connectivity index (χ4v) is 2.68. The summed E-state index contributed by atoms with van der Waals surface area (Å²) in [6, 6.07) is 6.33. The highest BCUT2D eigenvalue weighted by Gasteiger charge is 2.24. The van der Waals surface area contributed by atoms with Crippen LogP contribution in [-0.4, -0.2) is 23.1 Å². The van der Waals surface area contributed by atoms with Gasteiger partial charge in [-0.05, 0) is 25.0 Å². The average molecular weight is 457 g/mol. The van der Waals surface area contributed by atoms with Crippen LogP contribution in [0.2, 0.25) is 0 Å². The first-order chi connectivity index (χ1) is 15.2. The van der Waals surface area contributed by atoms with Crippen LogP contribution in [0.1, 0.15) is 44.1 Å². The van der Waals surface area contributed by atoms with Crippen LogP contribution in [0.5, 0.6) is 5.75 Å². The van der Waals surface area contributed by atoms with E-state index >= 15 is 0 Å². The molecule has 2 amide bonds. The SMILES string of the molecule is O=C(CCCCCCC(=O)Nc1ccccc1O)N/N=C/c1c(F)c(F)c(F)c(F)c1F. The number of carbonyl (C=O) groups excluding carboxylic acids is 2. The number of hydrazone groups is 1. The molecule has 32 heavy (non-hydrogen) atoms. The molecule has 172 valence electrons. The number of phenolic OH excluding ortho intramolecular Hbond substituents is 1. The summed E-state index contributed by atoms with van der Waals surface area (Å²) in [6.07, 6.45) is 2.83. The zero-order chi connectivity index (χ0) is 23.7. The number of phenols is 1. The van der Waals surface area contributed by atoms with Gasteiger partial charge in [-0.1, -0.05) is 25.0 Å². The number of unbranched alkanes of at least 4 members (excludes halogenated alkanes) is 3. The van der Waals surface area contributed by atoms with Gasteiger partial charge in [0.1, 0.15) is 5.75 Å². The highest BCUT2D eigenvalue weighted by Crippen LogP contribution is 2.22. The van der Waals surface area contributed by atoms with Gasteiger partial charge >= 0.3 is 0 Å². The van der Waals surface area contributed by atoms with E-state index in [1.165, 1.54) is 6.07 Å². The number of halogens is 5. The summed E-state index contributed by atoms with van der Waals surface area (Å²) >= 11 is 0. The maximum absolute atomic E-state index is 13.5. The minimum Gasteiger partial charge on any atom is -0.506 e. The summed E-state index contributed by atoms with van der Waals surface area (Å²) in [4.78, 5) is 23.5. The molecule has 0 spiro atoms. The second-order valence-corrected chi connectivity index (χ2v) is 6.76. The molecule has 0 saturated carbocycles. The second-order valence-electron chi connectivity index (χ2n) is 6.76. The fraction of sp³-hybridized carbons (Fsp3) is 0.286. The number of aromatic hydroxyl groups is 1. The van der Waals surface area contributed by atoms with Gasteiger partial charge in [0.25, 0.3) is 0 Å². The number of nitrogens with zero attached hydrogens (tertiary/aromatic N) is 1. The molecule has 3 N–H and O–H groups in total. The first kappa shape index (κ1) is 24.8. The van der Waals surface area contributed by atoms with Crippen molar-refractivity contribution in [1.29, 1.82) is 0 Å². The van der Waals surface area contributed by atoms with Crippen LogP contribution in [0.3, 0.4) is 0 Å². The number of nitrogens with one attached hydrogen (secondary N) is 2. The molecule has 2 aromatic rings. The van der Waals surface area contributed by atoms with Gasteiger partial charge < -0.3 is 10.4 Å². The number of para-hydroxylation sites is 2. The fourth-order valence-electron chi connectivity index (χ4n) is 2.68. The van der Waals surface area contributed by atoms with Crippen LogP contribution >= 0.6 is 0 Å². The minimum atomic E-state index is -2.28. The van der Waals surface area contributed by atoms with E-state index in [1.54, 1.807) is 18.2 Å². The van der Waals surface area contributed by atoms with Crippen molar-refractivity contribution in [2.75, 3.05) is 5.32 Å². The standard InChI is InChI=1S/C21H20F5N3O3/c22-17-12(18(23)20(25)21(26)19(17)24)11-27-29-16(32)10-4-2-1-3-9-15(31)28-13-7-5-6-8-14(13)30/h5-8,11,30H,1-4,9-10H2,(H,28,31)(H,29,32)/b27-11+. The van der Waals surface area contributed by atoms with Gasteiger partial charge in [-0.15, -0.1) is 0 Å². The Labute approximate surface area is 180 Å². The van der Waals surface area contributed by atoms with E-state index in [-0.39, 0.29) is 24.5 Å². The molecule has 0 heterocycles. The molecule has 0 bridgehead atoms. The lowest BCUT2D eigenvalue weighted by molar-refractivity contribution is -0.121. The molecule has 0 aliphatic rings. The van der Waals surface area contributed by atoms with E-state index in [2.05, 4.69) is 10.4 Å². The van der Waals surface area contributed by atoms with Gasteiger partial charge in [0, 0.05) is 12.8 Å². The van der Waals surface area contributed by atoms with Gasteiger partial charge in [-0.25, -0.2) is 27.4 Å². The second kappa shape index (κ2) is 11.8. The molecule has 0 radical (unpaired) electrons. The number of hydrogen-bond donors (Lipinski definition) is 3. The van der Waals surface area contributed by atoms with Crippen molar-refractivity contribution in [2.45, 2.75) is 38.5 Å². The van der Waals surface area contributed by atoms with Crippen molar-refractivity contribution >= 4 is 23.7 Å². The van der Waals surface area contributed by atoms with Crippen molar-refractivity contribution in [3.05, 3.63) is 58.9 Å². The maximum Gasteiger partial charge on any atom is 0.240 e. The predicted molar refractivity (Wildman–Crippen MR) is 106 cm³/mol. The zero-order valence-corrected chi connectivity index (χ0v) is 16.7. The topological polar surface area (TPSA) is 90.8 Å². The molecule has 0 unspecified atom stereocenters. The third-order valence-corrected chi connectivity index (χ3v) is 4.36. The zero-order valence-electron chi connectivity index (χ0n) is 16.7. The Morgan fingerprint density at radius 3 is 1.94 bits per heavy atom. The Hall–Kier alpha value is -3.50. The lowest BCUT2D eigenvalue weighted by Crippen LogP contribution is -2.17. The molecule has 0 aromatic heterocycles. The molecule has 2 rings (SSSR count). The lowest BCUT2D eigenvalue weighted by Gasteiger charge is -2.07. The van der Waals surface area contributed by atoms with Gasteiger partial charge in [-0.2, -0.15) is 5.10 Å². The van der Waals surface area contributed by atoms with Gasteiger partial charge in [0.15, 0.2) is 23.3 Å². The van der Waals surface area contributed by atoms with Crippen LogP contribution in [0.4, 0.5) is 27.6 Å². The molecule has 6 nitrogen and oxygen atoms in total. The lowest BCUT2D eigenvalue weighted by atomic mass is 10.1. The number of benzene rings is 2. The first-order valence-corrected chi connectivity index (χ1v) is 9.63. The third-order valence-electron chi connectivity index (χ3n) is 4.36. The Balaban J connectivity index is 1.66. The van der Waals surface area contributed by atoms with E-state index in [1.807, 2.05) is 5.43 Å². The molecule has 11 heteroatoms. The molecule has 0 aliphatic heterocycles. The van der Waals surface area contributed by atoms with Crippen LogP contribution < -0.4 is 10.7 Å². The van der Waals surface area contributed by atoms with E-state index in [4.69, 9.17) is 0 Å². The largest absolute Gasteiger partial charge is 0.506 e. The monoisotopic (exact) mass is 457 g/mol. The Morgan fingerprint density at radius 2 is 1.34 bits per heavy atom. The Bertz CT molecular complexity index is 985. The van der Waals surface area contributed by atoms with E-state index < -0.39 is 40.6 Å². The van der Waals surface area contributed by atoms with Gasteiger partial charge in [0.2, 0.25) is 17.6 Å². The number of amides is 2. The maximum atomic E-state index is 13.5. The van der Waals surface area contributed by atoms with E-state index in [0.717, 1.165) is 0 Å². The highest BCUT2D eigenvalue weighted by molar-refractivity contribution is 5.92. The summed E-state index contributed by atoms with van der Waals surface area (Å²) in [5, 5.41) is 15.4. The molecule has 0 fully saturated rings. The smallest absolute Gasteiger partial charge is 0.240 e. The van der Waals surface area contributed by atoms with Crippen LogP contribution in [0.25, 0.3) is 0 Å². The summed E-state index contributed by atoms with van der Waals surface area (Å²) in [6.45, 7) is 0. The summed E-state index contributed by atoms with van der Waals surface area (Å²) in [7, 11) is 0. The van der Waals surface area contributed by atoms with Crippen LogP contribution in [0, 0.1) is 29.1 Å². The Kier molecular flexibility index (Phi) is 9.11. The molecule has 0 saturated heterocycles. The average Bonchev–Trinajstić information content (AvgIpc) is 2.77. The predicted octanol–water partition coefficient (Wildman–Crippen LogP) is 4.52. The quantitative estimate of drug-likeness (QED) is 0.0932. The summed E-state index contributed by atoms with van der Waals surface area (Å²) in [5.74, 6) is -11.5. The summed E-state index contributed by atoms with van der Waals surface area (Å²) in [5.41, 5.74) is 1.01. The normalized spacial score (nSPS) is 11.0. The molecular weight excluding hydrogens is 437 g/mol. The van der Waals surface area contributed by atoms with E-state index in [9.17, 15) is 36.6 Å². The molecular formula is C21H20F5N3O3. The first-order valence-electron chi connectivity index (χ1n) is 9.63. The van der Waals surface area contributed by atoms with Crippen LogP contribution in [-0.2, 0) is 9.59 Å². The summed E-state index contributed by atoms with van der Waals surface area (Å²) < 4.78 is 66.1. The number of hydrogen-bond acceptors (Lipinski definition) is 4. The van der Waals surface area contributed by atoms with Crippen molar-refractivity contribution in [3.63, 3.8) is 0 Å². The minimum absolute atomic E-state index is 0.0124. The number of rotatable bonds is 10. The van der Waals surface area contributed by atoms with Crippen molar-refractivity contribution in [3.8, 4) is 5.75 Å². The van der Waals surface area contributed by atoms with Crippen molar-refractivity contribution in [2.24, 2.45) is 5.10 Å². The number of carbonyl (C=O) groups is 2. The molecule has 0 atom stereocenters. The van der Waals surface area contributed by atoms with E-state index in [0.29, 0.717) is 37.6 Å². The molecule has 2 aromatic carbocycles. The van der Waals surface area contributed by atoms with Gasteiger partial charge in [0.05, 0.1) is 17.5 Å². The number of anilines is 1. The third kappa shape index (κ3) is 6.76. The Morgan fingerprint density at radius 1 is 0.812 bits per heavy atom. The molecule has 0 aliphatic carbocycles. The highest BCUT2D eigenvalue weighted by atomic mass is 19.2. The van der Waals surface area contributed by atoms with Gasteiger partial charge in [-0.3, -0.25) is 9.59 Å². The van der Waals surface area contributed by atoms with Crippen molar-refractivity contribution in [1.82, 2.24) is 5.43 Å².